The summed E-state index contributed by atoms with van der Waals surface area (Å²) in [5.41, 5.74) is 6.98. The highest BCUT2D eigenvalue weighted by Crippen LogP contribution is 2.31. The molecule has 0 saturated heterocycles. The molecule has 4 nitrogen and oxygen atoms in total. The topological polar surface area (TPSA) is 64.9 Å². The summed E-state index contributed by atoms with van der Waals surface area (Å²) in [6.45, 7) is 2.06. The third-order valence-corrected chi connectivity index (χ3v) is 2.52. The van der Waals surface area contributed by atoms with Crippen LogP contribution >= 0.6 is 11.6 Å². The number of aromatic nitrogens is 2. The molecule has 0 radical (unpaired) electrons. The van der Waals surface area contributed by atoms with Crippen molar-refractivity contribution < 1.29 is 4.52 Å². The fraction of sp³-hybridized carbons (Fsp3) is 0.273. The Morgan fingerprint density at radius 3 is 2.94 bits per heavy atom. The van der Waals surface area contributed by atoms with Crippen molar-refractivity contribution in [1.29, 1.82) is 0 Å². The van der Waals surface area contributed by atoms with Crippen LogP contribution in [0.3, 0.4) is 0 Å². The molecule has 84 valence electrons. The van der Waals surface area contributed by atoms with Gasteiger partial charge in [-0.15, -0.1) is 0 Å². The molecule has 1 heterocycles. The Morgan fingerprint density at radius 2 is 2.25 bits per heavy atom. The molecule has 0 atom stereocenters. The Kier molecular flexibility index (Phi) is 3.10. The number of anilines is 1. The van der Waals surface area contributed by atoms with Crippen LogP contribution in [0.4, 0.5) is 5.69 Å². The molecule has 2 aromatic rings. The molecular formula is C11H12ClN3O. The van der Waals surface area contributed by atoms with E-state index < -0.39 is 0 Å². The fourth-order valence-corrected chi connectivity index (χ4v) is 1.71. The lowest BCUT2D eigenvalue weighted by Crippen LogP contribution is -1.91. The molecule has 0 unspecified atom stereocenters. The summed E-state index contributed by atoms with van der Waals surface area (Å²) in [7, 11) is 0. The monoisotopic (exact) mass is 237 g/mol. The summed E-state index contributed by atoms with van der Waals surface area (Å²) in [4.78, 5) is 4.25. The van der Waals surface area contributed by atoms with E-state index in [4.69, 9.17) is 21.9 Å². The molecule has 1 aromatic carbocycles. The lowest BCUT2D eigenvalue weighted by atomic mass is 10.2. The maximum Gasteiger partial charge on any atom is 0.261 e. The average Bonchev–Trinajstić information content (AvgIpc) is 2.67. The summed E-state index contributed by atoms with van der Waals surface area (Å²) in [6.07, 6.45) is 1.75. The van der Waals surface area contributed by atoms with Crippen LogP contribution in [0.2, 0.25) is 5.02 Å². The standard InChI is InChI=1S/C11H12ClN3O/c1-2-4-9-14-11(16-15-9)10-7(12)5-3-6-8(10)13/h3,5-6H,2,4,13H2,1H3. The Labute approximate surface area is 98.4 Å². The molecule has 0 aliphatic heterocycles. The second kappa shape index (κ2) is 4.53. The summed E-state index contributed by atoms with van der Waals surface area (Å²) in [6, 6.07) is 5.28. The highest BCUT2D eigenvalue weighted by atomic mass is 35.5. The number of nitrogens with zero attached hydrogens (tertiary/aromatic N) is 2. The Morgan fingerprint density at radius 1 is 1.44 bits per heavy atom. The lowest BCUT2D eigenvalue weighted by molar-refractivity contribution is 0.422. The Bertz CT molecular complexity index is 475. The zero-order chi connectivity index (χ0) is 11.5. The third-order valence-electron chi connectivity index (χ3n) is 2.20. The van der Waals surface area contributed by atoms with Gasteiger partial charge < -0.3 is 10.3 Å². The quantitative estimate of drug-likeness (QED) is 0.834. The van der Waals surface area contributed by atoms with E-state index in [-0.39, 0.29) is 0 Å². The predicted molar refractivity (Wildman–Crippen MR) is 63.2 cm³/mol. The number of benzene rings is 1. The van der Waals surface area contributed by atoms with E-state index in [0.717, 1.165) is 12.8 Å². The molecule has 1 aromatic heterocycles. The molecular weight excluding hydrogens is 226 g/mol. The number of nitrogen functional groups attached to an aromatic ring is 1. The van der Waals surface area contributed by atoms with Gasteiger partial charge in [0.25, 0.3) is 5.89 Å². The molecule has 16 heavy (non-hydrogen) atoms. The zero-order valence-electron chi connectivity index (χ0n) is 8.90. The number of hydrogen-bond donors (Lipinski definition) is 1. The SMILES string of the molecule is CCCc1noc(-c2c(N)cccc2Cl)n1. The van der Waals surface area contributed by atoms with Gasteiger partial charge in [0.05, 0.1) is 10.6 Å². The maximum absolute atomic E-state index is 6.04. The maximum atomic E-state index is 6.04. The van der Waals surface area contributed by atoms with E-state index in [1.165, 1.54) is 0 Å². The van der Waals surface area contributed by atoms with Gasteiger partial charge in [0.1, 0.15) is 0 Å². The van der Waals surface area contributed by atoms with Crippen LogP contribution in [0.1, 0.15) is 19.2 Å². The van der Waals surface area contributed by atoms with E-state index in [1.807, 2.05) is 0 Å². The van der Waals surface area contributed by atoms with Crippen LogP contribution in [0.5, 0.6) is 0 Å². The van der Waals surface area contributed by atoms with Gasteiger partial charge in [-0.3, -0.25) is 0 Å². The molecule has 0 aliphatic carbocycles. The molecule has 0 bridgehead atoms. The van der Waals surface area contributed by atoms with Crippen molar-refractivity contribution in [3.63, 3.8) is 0 Å². The third kappa shape index (κ3) is 2.02. The van der Waals surface area contributed by atoms with Crippen molar-refractivity contribution in [1.82, 2.24) is 10.1 Å². The minimum absolute atomic E-state index is 0.381. The van der Waals surface area contributed by atoms with Crippen LogP contribution in [-0.4, -0.2) is 10.1 Å². The first-order valence-corrected chi connectivity index (χ1v) is 5.47. The van der Waals surface area contributed by atoms with Gasteiger partial charge in [-0.1, -0.05) is 29.7 Å². The van der Waals surface area contributed by atoms with Gasteiger partial charge in [-0.25, -0.2) is 0 Å². The molecule has 0 spiro atoms. The first kappa shape index (κ1) is 11.0. The molecule has 5 heteroatoms. The van der Waals surface area contributed by atoms with Gasteiger partial charge in [0, 0.05) is 12.1 Å². The minimum Gasteiger partial charge on any atom is -0.398 e. The summed E-state index contributed by atoms with van der Waals surface area (Å²) in [5, 5.41) is 4.38. The van der Waals surface area contributed by atoms with Crippen molar-refractivity contribution in [3.05, 3.63) is 29.0 Å². The van der Waals surface area contributed by atoms with Gasteiger partial charge in [-0.05, 0) is 18.6 Å². The summed E-state index contributed by atoms with van der Waals surface area (Å²) in [5.74, 6) is 1.06. The second-order valence-electron chi connectivity index (χ2n) is 3.47. The van der Waals surface area contributed by atoms with E-state index in [0.29, 0.717) is 28.0 Å². The van der Waals surface area contributed by atoms with E-state index in [1.54, 1.807) is 18.2 Å². The highest BCUT2D eigenvalue weighted by molar-refractivity contribution is 6.33. The Balaban J connectivity index is 2.42. The molecule has 0 fully saturated rings. The first-order valence-electron chi connectivity index (χ1n) is 5.09. The minimum atomic E-state index is 0.381. The van der Waals surface area contributed by atoms with Crippen molar-refractivity contribution >= 4 is 17.3 Å². The van der Waals surface area contributed by atoms with Crippen LogP contribution in [0.15, 0.2) is 22.7 Å². The normalized spacial score (nSPS) is 10.6. The largest absolute Gasteiger partial charge is 0.398 e. The van der Waals surface area contributed by atoms with Gasteiger partial charge in [-0.2, -0.15) is 4.98 Å². The first-order chi connectivity index (χ1) is 7.72. The van der Waals surface area contributed by atoms with E-state index in [2.05, 4.69) is 17.1 Å². The molecule has 0 saturated carbocycles. The van der Waals surface area contributed by atoms with E-state index in [9.17, 15) is 0 Å². The number of hydrogen-bond acceptors (Lipinski definition) is 4. The van der Waals surface area contributed by atoms with Crippen molar-refractivity contribution in [3.8, 4) is 11.5 Å². The van der Waals surface area contributed by atoms with Crippen LogP contribution in [-0.2, 0) is 6.42 Å². The molecule has 0 aliphatic rings. The predicted octanol–water partition coefficient (Wildman–Crippen LogP) is 2.92. The Hall–Kier alpha value is -1.55. The zero-order valence-corrected chi connectivity index (χ0v) is 9.66. The molecule has 2 rings (SSSR count). The number of rotatable bonds is 3. The summed E-state index contributed by atoms with van der Waals surface area (Å²) < 4.78 is 5.14. The van der Waals surface area contributed by atoms with Crippen LogP contribution < -0.4 is 5.73 Å². The number of nitrogens with two attached hydrogens (primary N) is 1. The lowest BCUT2D eigenvalue weighted by Gasteiger charge is -2.01. The number of halogens is 1. The highest BCUT2D eigenvalue weighted by Gasteiger charge is 2.14. The second-order valence-corrected chi connectivity index (χ2v) is 3.88. The smallest absolute Gasteiger partial charge is 0.261 e. The van der Waals surface area contributed by atoms with Crippen LogP contribution in [0, 0.1) is 0 Å². The number of aryl methyl sites for hydroxylation is 1. The van der Waals surface area contributed by atoms with Crippen LogP contribution in [0.25, 0.3) is 11.5 Å². The summed E-state index contributed by atoms with van der Waals surface area (Å²) >= 11 is 6.04. The van der Waals surface area contributed by atoms with E-state index >= 15 is 0 Å². The van der Waals surface area contributed by atoms with Gasteiger partial charge in [0.2, 0.25) is 0 Å². The average molecular weight is 238 g/mol. The molecule has 0 amide bonds. The van der Waals surface area contributed by atoms with Crippen molar-refractivity contribution in [2.45, 2.75) is 19.8 Å². The van der Waals surface area contributed by atoms with Gasteiger partial charge in [0.15, 0.2) is 5.82 Å². The van der Waals surface area contributed by atoms with Crippen molar-refractivity contribution in [2.75, 3.05) is 5.73 Å². The van der Waals surface area contributed by atoms with Crippen molar-refractivity contribution in [2.24, 2.45) is 0 Å². The molecule has 2 N–H and O–H groups in total. The fourth-order valence-electron chi connectivity index (χ4n) is 1.45. The van der Waals surface area contributed by atoms with Gasteiger partial charge >= 0.3 is 0 Å².